The van der Waals surface area contributed by atoms with Gasteiger partial charge in [-0.2, -0.15) is 5.10 Å². The zero-order chi connectivity index (χ0) is 14.4. The monoisotopic (exact) mass is 353 g/mol. The summed E-state index contributed by atoms with van der Waals surface area (Å²) in [6.45, 7) is 0.673. The van der Waals surface area contributed by atoms with Crippen molar-refractivity contribution in [3.8, 4) is 0 Å². The Hall–Kier alpha value is -1.40. The number of rotatable bonds is 6. The maximum absolute atomic E-state index is 11.6. The number of halogens is 1. The van der Waals surface area contributed by atoms with Crippen molar-refractivity contribution in [2.45, 2.75) is 12.8 Å². The molecule has 20 heavy (non-hydrogen) atoms. The molecule has 2 aromatic rings. The first kappa shape index (κ1) is 15.0. The molecule has 0 radical (unpaired) electrons. The summed E-state index contributed by atoms with van der Waals surface area (Å²) < 4.78 is 2.85. The maximum Gasteiger partial charge on any atom is 0.244 e. The third kappa shape index (κ3) is 4.94. The highest BCUT2D eigenvalue weighted by Crippen LogP contribution is 2.22. The van der Waals surface area contributed by atoms with Crippen molar-refractivity contribution in [2.24, 2.45) is 7.05 Å². The van der Waals surface area contributed by atoms with Crippen molar-refractivity contribution in [1.29, 1.82) is 0 Å². The van der Waals surface area contributed by atoms with E-state index in [0.29, 0.717) is 6.54 Å². The molecule has 2 rings (SSSR count). The van der Waals surface area contributed by atoms with Crippen molar-refractivity contribution in [3.63, 3.8) is 0 Å². The number of carbonyl (C=O) groups is 1. The van der Waals surface area contributed by atoms with Crippen molar-refractivity contribution >= 4 is 39.2 Å². The maximum atomic E-state index is 11.6. The average Bonchev–Trinajstić information content (AvgIpc) is 3.01. The van der Waals surface area contributed by atoms with Gasteiger partial charge in [-0.05, 0) is 52.5 Å². The lowest BCUT2D eigenvalue weighted by molar-refractivity contribution is -0.116. The molecule has 0 fully saturated rings. The summed E-state index contributed by atoms with van der Waals surface area (Å²) in [6.07, 6.45) is 9.09. The molecular formula is C14H16BrN3OS. The zero-order valence-electron chi connectivity index (χ0n) is 11.2. The molecule has 0 aromatic carbocycles. The fourth-order valence-corrected chi connectivity index (χ4v) is 3.07. The number of hydrogen-bond acceptors (Lipinski definition) is 3. The number of aromatic nitrogens is 2. The van der Waals surface area contributed by atoms with Crippen LogP contribution in [0.5, 0.6) is 0 Å². The summed E-state index contributed by atoms with van der Waals surface area (Å²) >= 11 is 4.99. The summed E-state index contributed by atoms with van der Waals surface area (Å²) in [4.78, 5) is 12.7. The van der Waals surface area contributed by atoms with Gasteiger partial charge in [-0.1, -0.05) is 0 Å². The minimum Gasteiger partial charge on any atom is -0.353 e. The summed E-state index contributed by atoms with van der Waals surface area (Å²) in [7, 11) is 1.90. The van der Waals surface area contributed by atoms with Crippen LogP contribution in [0.2, 0.25) is 0 Å². The van der Waals surface area contributed by atoms with Gasteiger partial charge in [0, 0.05) is 30.7 Å². The number of nitrogens with zero attached hydrogens (tertiary/aromatic N) is 2. The zero-order valence-corrected chi connectivity index (χ0v) is 13.6. The SMILES string of the molecule is Cn1cc(CCCNC(=O)/C=C/c2ccc(Br)s2)cn1. The van der Waals surface area contributed by atoms with Gasteiger partial charge in [-0.3, -0.25) is 9.48 Å². The van der Waals surface area contributed by atoms with Crippen LogP contribution in [-0.2, 0) is 18.3 Å². The fourth-order valence-electron chi connectivity index (χ4n) is 1.74. The Labute approximate surface area is 130 Å². The second-order valence-electron chi connectivity index (χ2n) is 4.39. The first-order valence-electron chi connectivity index (χ1n) is 6.32. The van der Waals surface area contributed by atoms with Crippen LogP contribution in [0.3, 0.4) is 0 Å². The van der Waals surface area contributed by atoms with E-state index in [-0.39, 0.29) is 5.91 Å². The molecule has 1 amide bonds. The van der Waals surface area contributed by atoms with Crippen LogP contribution in [-0.4, -0.2) is 22.2 Å². The highest BCUT2D eigenvalue weighted by molar-refractivity contribution is 9.11. The number of hydrogen-bond donors (Lipinski definition) is 1. The number of carbonyl (C=O) groups excluding carboxylic acids is 1. The second kappa shape index (κ2) is 7.40. The molecule has 0 spiro atoms. The summed E-state index contributed by atoms with van der Waals surface area (Å²) in [5, 5.41) is 6.99. The number of amides is 1. The van der Waals surface area contributed by atoms with Crippen LogP contribution < -0.4 is 5.32 Å². The molecule has 0 aliphatic rings. The van der Waals surface area contributed by atoms with Gasteiger partial charge in [-0.25, -0.2) is 0 Å². The molecule has 2 aromatic heterocycles. The van der Waals surface area contributed by atoms with Crippen LogP contribution in [0.15, 0.2) is 34.4 Å². The Bertz CT molecular complexity index is 603. The quantitative estimate of drug-likeness (QED) is 0.640. The van der Waals surface area contributed by atoms with Crippen molar-refractivity contribution in [1.82, 2.24) is 15.1 Å². The van der Waals surface area contributed by atoms with Gasteiger partial charge in [0.15, 0.2) is 0 Å². The lowest BCUT2D eigenvalue weighted by atomic mass is 10.2. The van der Waals surface area contributed by atoms with E-state index in [4.69, 9.17) is 0 Å². The van der Waals surface area contributed by atoms with E-state index in [1.807, 2.05) is 37.7 Å². The lowest BCUT2D eigenvalue weighted by Gasteiger charge is -2.00. The predicted octanol–water partition coefficient (Wildman–Crippen LogP) is 3.01. The van der Waals surface area contributed by atoms with Gasteiger partial charge in [0.1, 0.15) is 0 Å². The molecule has 2 heterocycles. The number of aryl methyl sites for hydroxylation is 2. The Morgan fingerprint density at radius 2 is 2.40 bits per heavy atom. The standard InChI is InChI=1S/C14H16BrN3OS/c1-18-10-11(9-17-18)3-2-8-16-14(19)7-5-12-4-6-13(15)20-12/h4-7,9-10H,2-3,8H2,1H3,(H,16,19)/b7-5+. The topological polar surface area (TPSA) is 46.9 Å². The van der Waals surface area contributed by atoms with Gasteiger partial charge >= 0.3 is 0 Å². The second-order valence-corrected chi connectivity index (χ2v) is 6.89. The molecule has 0 aliphatic carbocycles. The van der Waals surface area contributed by atoms with E-state index in [2.05, 4.69) is 26.3 Å². The summed E-state index contributed by atoms with van der Waals surface area (Å²) in [5.41, 5.74) is 1.20. The average molecular weight is 354 g/mol. The Morgan fingerprint density at radius 1 is 1.55 bits per heavy atom. The van der Waals surface area contributed by atoms with Crippen molar-refractivity contribution in [2.75, 3.05) is 6.54 Å². The molecule has 0 bridgehead atoms. The Balaban J connectivity index is 1.66. The molecule has 1 N–H and O–H groups in total. The van der Waals surface area contributed by atoms with E-state index in [0.717, 1.165) is 21.5 Å². The predicted molar refractivity (Wildman–Crippen MR) is 85.6 cm³/mol. The van der Waals surface area contributed by atoms with Gasteiger partial charge < -0.3 is 5.32 Å². The van der Waals surface area contributed by atoms with Crippen LogP contribution in [0.4, 0.5) is 0 Å². The molecule has 0 aliphatic heterocycles. The van der Waals surface area contributed by atoms with Gasteiger partial charge in [0.25, 0.3) is 0 Å². The van der Waals surface area contributed by atoms with Crippen LogP contribution in [0.25, 0.3) is 6.08 Å². The van der Waals surface area contributed by atoms with E-state index < -0.39 is 0 Å². The normalized spacial score (nSPS) is 11.1. The number of thiophene rings is 1. The first-order chi connectivity index (χ1) is 9.63. The molecule has 0 atom stereocenters. The minimum atomic E-state index is -0.0549. The fraction of sp³-hybridized carbons (Fsp3) is 0.286. The van der Waals surface area contributed by atoms with E-state index in [1.165, 1.54) is 5.56 Å². The van der Waals surface area contributed by atoms with Gasteiger partial charge in [0.05, 0.1) is 9.98 Å². The molecular weight excluding hydrogens is 338 g/mol. The van der Waals surface area contributed by atoms with Crippen LogP contribution in [0, 0.1) is 0 Å². The molecule has 0 unspecified atom stereocenters. The lowest BCUT2D eigenvalue weighted by Crippen LogP contribution is -2.22. The van der Waals surface area contributed by atoms with Crippen molar-refractivity contribution in [3.05, 3.63) is 44.8 Å². The Morgan fingerprint density at radius 3 is 3.05 bits per heavy atom. The third-order valence-corrected chi connectivity index (χ3v) is 4.28. The van der Waals surface area contributed by atoms with Gasteiger partial charge in [0.2, 0.25) is 5.91 Å². The molecule has 0 saturated heterocycles. The highest BCUT2D eigenvalue weighted by atomic mass is 79.9. The Kier molecular flexibility index (Phi) is 5.55. The largest absolute Gasteiger partial charge is 0.353 e. The molecule has 106 valence electrons. The highest BCUT2D eigenvalue weighted by Gasteiger charge is 1.99. The molecule has 6 heteroatoms. The first-order valence-corrected chi connectivity index (χ1v) is 7.93. The smallest absolute Gasteiger partial charge is 0.244 e. The van der Waals surface area contributed by atoms with E-state index >= 15 is 0 Å². The third-order valence-electron chi connectivity index (χ3n) is 2.69. The molecule has 0 saturated carbocycles. The number of nitrogens with one attached hydrogen (secondary N) is 1. The summed E-state index contributed by atoms with van der Waals surface area (Å²) in [5.74, 6) is -0.0549. The van der Waals surface area contributed by atoms with Crippen molar-refractivity contribution < 1.29 is 4.79 Å². The molecule has 4 nitrogen and oxygen atoms in total. The summed E-state index contributed by atoms with van der Waals surface area (Å²) in [6, 6.07) is 3.94. The van der Waals surface area contributed by atoms with E-state index in [1.54, 1.807) is 22.1 Å². The van der Waals surface area contributed by atoms with Crippen LogP contribution >= 0.6 is 27.3 Å². The minimum absolute atomic E-state index is 0.0549. The van der Waals surface area contributed by atoms with Gasteiger partial charge in [-0.15, -0.1) is 11.3 Å². The van der Waals surface area contributed by atoms with Crippen LogP contribution in [0.1, 0.15) is 16.9 Å². The van der Waals surface area contributed by atoms with E-state index in [9.17, 15) is 4.79 Å².